The fourth-order valence-corrected chi connectivity index (χ4v) is 2.50. The third-order valence-electron chi connectivity index (χ3n) is 3.01. The number of benzene rings is 1. The first-order valence-corrected chi connectivity index (χ1v) is 7.22. The monoisotopic (exact) mass is 287 g/mol. The maximum atomic E-state index is 12.7. The van der Waals surface area contributed by atoms with Gasteiger partial charge in [-0.15, -0.1) is 0 Å². The van der Waals surface area contributed by atoms with Gasteiger partial charge in [-0.25, -0.2) is 0 Å². The number of Topliss-reactive ketones (excluding diaryl/α,β-unsaturated/α-hetero) is 1. The number of hydrogen-bond donors (Lipinski definition) is 0. The van der Waals surface area contributed by atoms with Crippen LogP contribution in [0.15, 0.2) is 18.2 Å². The summed E-state index contributed by atoms with van der Waals surface area (Å²) in [7, 11) is -5.14. The first-order chi connectivity index (χ1) is 8.87. The zero-order valence-corrected chi connectivity index (χ0v) is 11.2. The largest absolute Gasteiger partial charge is 0.488 e. The smallest absolute Gasteiger partial charge is 0.371 e. The van der Waals surface area contributed by atoms with E-state index in [1.165, 1.54) is 19.1 Å². The number of carbonyl (C=O) groups excluding carboxylic acids is 1. The molecule has 0 spiro atoms. The van der Waals surface area contributed by atoms with Crippen LogP contribution in [0.2, 0.25) is 0 Å². The van der Waals surface area contributed by atoms with Crippen molar-refractivity contribution in [3.63, 3.8) is 0 Å². The predicted molar refractivity (Wildman–Crippen MR) is 68.5 cm³/mol. The van der Waals surface area contributed by atoms with Gasteiger partial charge in [0.25, 0.3) is 0 Å². The Bertz CT molecular complexity index is 594. The molecule has 1 heterocycles. The van der Waals surface area contributed by atoms with E-state index in [4.69, 9.17) is 0 Å². The quantitative estimate of drug-likeness (QED) is 0.626. The minimum Gasteiger partial charge on any atom is -0.371 e. The van der Waals surface area contributed by atoms with Crippen molar-refractivity contribution in [2.45, 2.75) is 19.8 Å². The lowest BCUT2D eigenvalue weighted by Crippen LogP contribution is -2.18. The van der Waals surface area contributed by atoms with E-state index in [0.29, 0.717) is 0 Å². The van der Waals surface area contributed by atoms with Crippen molar-refractivity contribution in [1.82, 2.24) is 0 Å². The lowest BCUT2D eigenvalue weighted by atomic mass is 10.1. The minimum absolute atomic E-state index is 0.0455. The Morgan fingerprint density at radius 1 is 1.32 bits per heavy atom. The molecule has 1 aliphatic heterocycles. The highest BCUT2D eigenvalue weighted by Crippen LogP contribution is 2.29. The van der Waals surface area contributed by atoms with Crippen LogP contribution in [0, 0.1) is 0 Å². The summed E-state index contributed by atoms with van der Waals surface area (Å²) in [6, 6.07) is 4.55. The van der Waals surface area contributed by atoms with E-state index in [2.05, 4.69) is 4.18 Å². The van der Waals surface area contributed by atoms with Crippen LogP contribution >= 0.6 is 0 Å². The van der Waals surface area contributed by atoms with Gasteiger partial charge in [0.05, 0.1) is 5.56 Å². The van der Waals surface area contributed by atoms with E-state index in [1.807, 2.05) is 4.90 Å². The predicted octanol–water partition coefficient (Wildman–Crippen LogP) is 2.08. The fourth-order valence-electron chi connectivity index (χ4n) is 2.15. The van der Waals surface area contributed by atoms with Crippen LogP contribution in [0.5, 0.6) is 5.75 Å². The highest BCUT2D eigenvalue weighted by Gasteiger charge is 2.19. The molecule has 1 aliphatic rings. The van der Waals surface area contributed by atoms with E-state index >= 15 is 0 Å². The van der Waals surface area contributed by atoms with Crippen molar-refractivity contribution in [1.29, 1.82) is 0 Å². The van der Waals surface area contributed by atoms with E-state index in [0.717, 1.165) is 31.6 Å². The summed E-state index contributed by atoms with van der Waals surface area (Å²) >= 11 is 0. The van der Waals surface area contributed by atoms with Gasteiger partial charge in [-0.1, -0.05) is 3.89 Å². The molecule has 0 amide bonds. The van der Waals surface area contributed by atoms with Crippen LogP contribution in [0.4, 0.5) is 9.57 Å². The van der Waals surface area contributed by atoms with Gasteiger partial charge in [0.1, 0.15) is 0 Å². The molecule has 7 heteroatoms. The average Bonchev–Trinajstić information content (AvgIpc) is 2.79. The Kier molecular flexibility index (Phi) is 3.75. The van der Waals surface area contributed by atoms with Crippen molar-refractivity contribution in [3.8, 4) is 5.75 Å². The number of carbonyl (C=O) groups is 1. The molecule has 0 radical (unpaired) electrons. The van der Waals surface area contributed by atoms with Crippen LogP contribution in [0.3, 0.4) is 0 Å². The van der Waals surface area contributed by atoms with Crippen LogP contribution < -0.4 is 9.08 Å². The molecule has 1 fully saturated rings. The molecular weight excluding hydrogens is 273 g/mol. The zero-order chi connectivity index (χ0) is 14.0. The summed E-state index contributed by atoms with van der Waals surface area (Å²) in [5.74, 6) is -0.647. The number of anilines is 1. The van der Waals surface area contributed by atoms with Crippen molar-refractivity contribution < 1.29 is 21.3 Å². The molecule has 0 atom stereocenters. The van der Waals surface area contributed by atoms with E-state index in [1.54, 1.807) is 6.07 Å². The first-order valence-electron chi connectivity index (χ1n) is 5.91. The Hall–Kier alpha value is -1.63. The molecule has 0 N–H and O–H groups in total. The van der Waals surface area contributed by atoms with E-state index < -0.39 is 10.5 Å². The number of ketones is 1. The maximum absolute atomic E-state index is 12.7. The van der Waals surface area contributed by atoms with Gasteiger partial charge in [-0.3, -0.25) is 4.79 Å². The number of hydrogen-bond acceptors (Lipinski definition) is 5. The Morgan fingerprint density at radius 2 is 1.95 bits per heavy atom. The third kappa shape index (κ3) is 3.44. The van der Waals surface area contributed by atoms with Gasteiger partial charge in [-0.05, 0) is 31.9 Å². The Morgan fingerprint density at radius 3 is 2.47 bits per heavy atom. The second-order valence-corrected chi connectivity index (χ2v) is 5.36. The summed E-state index contributed by atoms with van der Waals surface area (Å²) in [4.78, 5) is 13.4. The van der Waals surface area contributed by atoms with Gasteiger partial charge in [0.15, 0.2) is 11.5 Å². The molecule has 1 aromatic carbocycles. The molecule has 0 aromatic heterocycles. The lowest BCUT2D eigenvalue weighted by molar-refractivity contribution is 0.101. The van der Waals surface area contributed by atoms with Crippen LogP contribution in [0.25, 0.3) is 0 Å². The standard InChI is InChI=1S/C12H14FNO4S/c1-9(15)11-5-4-10(14-6-2-3-7-14)8-12(11)18-19(13,16)17/h4-5,8H,2-3,6-7H2,1H3. The summed E-state index contributed by atoms with van der Waals surface area (Å²) < 4.78 is 38.1. The molecular formula is C12H14FNO4S. The molecule has 1 saturated heterocycles. The number of halogens is 1. The summed E-state index contributed by atoms with van der Waals surface area (Å²) in [6.07, 6.45) is 2.10. The van der Waals surface area contributed by atoms with E-state index in [-0.39, 0.29) is 17.1 Å². The van der Waals surface area contributed by atoms with Crippen molar-refractivity contribution >= 4 is 22.0 Å². The van der Waals surface area contributed by atoms with Crippen molar-refractivity contribution in [3.05, 3.63) is 23.8 Å². The van der Waals surface area contributed by atoms with Crippen molar-refractivity contribution in [2.75, 3.05) is 18.0 Å². The molecule has 1 aromatic rings. The molecule has 0 unspecified atom stereocenters. The molecule has 0 aliphatic carbocycles. The Labute approximate surface area is 111 Å². The molecule has 104 valence electrons. The van der Waals surface area contributed by atoms with Crippen LogP contribution in [0.1, 0.15) is 30.1 Å². The number of rotatable bonds is 4. The summed E-state index contributed by atoms with van der Waals surface area (Å²) in [5.41, 5.74) is 0.769. The second-order valence-electron chi connectivity index (χ2n) is 4.41. The van der Waals surface area contributed by atoms with E-state index in [9.17, 15) is 17.1 Å². The minimum atomic E-state index is -5.14. The van der Waals surface area contributed by atoms with Gasteiger partial charge in [-0.2, -0.15) is 8.42 Å². The Balaban J connectivity index is 2.40. The lowest BCUT2D eigenvalue weighted by Gasteiger charge is -2.18. The highest BCUT2D eigenvalue weighted by atomic mass is 32.3. The maximum Gasteiger partial charge on any atom is 0.488 e. The first kappa shape index (κ1) is 13.8. The molecule has 19 heavy (non-hydrogen) atoms. The second kappa shape index (κ2) is 5.16. The SMILES string of the molecule is CC(=O)c1ccc(N2CCCC2)cc1OS(=O)(=O)F. The fraction of sp³-hybridized carbons (Fsp3) is 0.417. The zero-order valence-electron chi connectivity index (χ0n) is 10.4. The normalized spacial score (nSPS) is 15.6. The molecule has 0 saturated carbocycles. The molecule has 2 rings (SSSR count). The molecule has 0 bridgehead atoms. The summed E-state index contributed by atoms with van der Waals surface area (Å²) in [5, 5.41) is 0. The number of nitrogens with zero attached hydrogens (tertiary/aromatic N) is 1. The van der Waals surface area contributed by atoms with Gasteiger partial charge >= 0.3 is 10.5 Å². The van der Waals surface area contributed by atoms with Gasteiger partial charge in [0, 0.05) is 24.8 Å². The topological polar surface area (TPSA) is 63.7 Å². The molecule has 5 nitrogen and oxygen atoms in total. The summed E-state index contributed by atoms with van der Waals surface area (Å²) in [6.45, 7) is 2.96. The third-order valence-corrected chi connectivity index (χ3v) is 3.38. The van der Waals surface area contributed by atoms with Crippen LogP contribution in [-0.4, -0.2) is 27.3 Å². The average molecular weight is 287 g/mol. The van der Waals surface area contributed by atoms with Crippen LogP contribution in [-0.2, 0) is 10.5 Å². The van der Waals surface area contributed by atoms with Gasteiger partial charge in [0.2, 0.25) is 0 Å². The highest BCUT2D eigenvalue weighted by molar-refractivity contribution is 7.81. The van der Waals surface area contributed by atoms with Crippen molar-refractivity contribution in [2.24, 2.45) is 0 Å². The van der Waals surface area contributed by atoms with Gasteiger partial charge < -0.3 is 9.08 Å².